The minimum absolute atomic E-state index is 0.426. The van der Waals surface area contributed by atoms with Gasteiger partial charge in [-0.1, -0.05) is 18.5 Å². The Balaban J connectivity index is 1.96. The zero-order valence-corrected chi connectivity index (χ0v) is 14.0. The van der Waals surface area contributed by atoms with Gasteiger partial charge in [-0.25, -0.2) is 0 Å². The monoisotopic (exact) mass is 321 g/mol. The van der Waals surface area contributed by atoms with Crippen LogP contribution in [0, 0.1) is 11.3 Å². The lowest BCUT2D eigenvalue weighted by Gasteiger charge is -2.30. The molecule has 1 aromatic carbocycles. The molecule has 0 aromatic heterocycles. The molecular formula is C17H24ClN3O. The highest BCUT2D eigenvalue weighted by Crippen LogP contribution is 2.32. The topological polar surface area (TPSA) is 57.1 Å². The first-order valence-electron chi connectivity index (χ1n) is 7.95. The third-order valence-electron chi connectivity index (χ3n) is 4.18. The molecule has 2 rings (SSSR count). The summed E-state index contributed by atoms with van der Waals surface area (Å²) in [6.45, 7) is 3.29. The van der Waals surface area contributed by atoms with E-state index in [1.54, 1.807) is 13.2 Å². The third kappa shape index (κ3) is 4.28. The van der Waals surface area contributed by atoms with Gasteiger partial charge in [0.15, 0.2) is 0 Å². The standard InChI is InChI=1S/C17H24ClN3O/c1-3-8-20-13-4-6-14(7-5-13)21-16-10-17(22-2)12(11-19)9-15(16)18/h9-10,13-14,20-21H,3-8H2,1-2H3/t13-,14-. The highest BCUT2D eigenvalue weighted by Gasteiger charge is 2.21. The van der Waals surface area contributed by atoms with Gasteiger partial charge in [0.25, 0.3) is 0 Å². The van der Waals surface area contributed by atoms with E-state index in [1.165, 1.54) is 19.3 Å². The zero-order chi connectivity index (χ0) is 15.9. The van der Waals surface area contributed by atoms with Crippen LogP contribution < -0.4 is 15.4 Å². The fourth-order valence-corrected chi connectivity index (χ4v) is 3.15. The van der Waals surface area contributed by atoms with Gasteiger partial charge in [-0.15, -0.1) is 0 Å². The summed E-state index contributed by atoms with van der Waals surface area (Å²) in [6, 6.07) is 6.65. The highest BCUT2D eigenvalue weighted by atomic mass is 35.5. The molecule has 0 bridgehead atoms. The van der Waals surface area contributed by atoms with Gasteiger partial charge in [-0.05, 0) is 44.7 Å². The lowest BCUT2D eigenvalue weighted by Crippen LogP contribution is -2.37. The highest BCUT2D eigenvalue weighted by molar-refractivity contribution is 6.33. The van der Waals surface area contributed by atoms with E-state index in [0.717, 1.165) is 25.1 Å². The summed E-state index contributed by atoms with van der Waals surface area (Å²) in [5.41, 5.74) is 1.31. The van der Waals surface area contributed by atoms with Crippen molar-refractivity contribution in [1.82, 2.24) is 5.32 Å². The van der Waals surface area contributed by atoms with Crippen LogP contribution >= 0.6 is 11.6 Å². The molecule has 1 fully saturated rings. The molecule has 1 saturated carbocycles. The quantitative estimate of drug-likeness (QED) is 0.833. The van der Waals surface area contributed by atoms with Gasteiger partial charge < -0.3 is 15.4 Å². The van der Waals surface area contributed by atoms with Gasteiger partial charge >= 0.3 is 0 Å². The number of ether oxygens (including phenoxy) is 1. The van der Waals surface area contributed by atoms with E-state index in [1.807, 2.05) is 6.07 Å². The van der Waals surface area contributed by atoms with Gasteiger partial charge in [0, 0.05) is 18.2 Å². The maximum atomic E-state index is 9.07. The zero-order valence-electron chi connectivity index (χ0n) is 13.3. The van der Waals surface area contributed by atoms with Crippen LogP contribution in [0.15, 0.2) is 12.1 Å². The van der Waals surface area contributed by atoms with E-state index in [2.05, 4.69) is 23.6 Å². The second-order valence-electron chi connectivity index (χ2n) is 5.79. The summed E-state index contributed by atoms with van der Waals surface area (Å²) in [6.07, 6.45) is 5.80. The Morgan fingerprint density at radius 1 is 1.27 bits per heavy atom. The maximum absolute atomic E-state index is 9.07. The van der Waals surface area contributed by atoms with Crippen molar-refractivity contribution in [3.05, 3.63) is 22.7 Å². The number of hydrogen-bond acceptors (Lipinski definition) is 4. The lowest BCUT2D eigenvalue weighted by atomic mass is 9.91. The number of nitrogens with one attached hydrogen (secondary N) is 2. The van der Waals surface area contributed by atoms with Crippen LogP contribution in [0.2, 0.25) is 5.02 Å². The molecule has 0 amide bonds. The predicted molar refractivity (Wildman–Crippen MR) is 90.7 cm³/mol. The first-order chi connectivity index (χ1) is 10.7. The van der Waals surface area contributed by atoms with Crippen molar-refractivity contribution in [1.29, 1.82) is 5.26 Å². The molecule has 120 valence electrons. The van der Waals surface area contributed by atoms with Crippen molar-refractivity contribution in [3.8, 4) is 11.8 Å². The fourth-order valence-electron chi connectivity index (χ4n) is 2.93. The molecule has 0 aliphatic heterocycles. The SMILES string of the molecule is CCCN[C@H]1CC[C@H](Nc2cc(OC)c(C#N)cc2Cl)CC1. The number of halogens is 1. The average molecular weight is 322 g/mol. The van der Waals surface area contributed by atoms with E-state index >= 15 is 0 Å². The third-order valence-corrected chi connectivity index (χ3v) is 4.49. The Morgan fingerprint density at radius 3 is 2.55 bits per heavy atom. The minimum Gasteiger partial charge on any atom is -0.495 e. The van der Waals surface area contributed by atoms with E-state index < -0.39 is 0 Å². The van der Waals surface area contributed by atoms with Gasteiger partial charge in [0.1, 0.15) is 11.8 Å². The van der Waals surface area contributed by atoms with Gasteiger partial charge in [0.05, 0.1) is 23.4 Å². The Labute approximate surface area is 137 Å². The maximum Gasteiger partial charge on any atom is 0.138 e. The molecule has 0 radical (unpaired) electrons. The molecule has 5 heteroatoms. The first-order valence-corrected chi connectivity index (χ1v) is 8.33. The summed E-state index contributed by atoms with van der Waals surface area (Å²) in [5, 5.41) is 16.7. The van der Waals surface area contributed by atoms with Crippen molar-refractivity contribution >= 4 is 17.3 Å². The van der Waals surface area contributed by atoms with Gasteiger partial charge in [0.2, 0.25) is 0 Å². The van der Waals surface area contributed by atoms with Crippen molar-refractivity contribution in [3.63, 3.8) is 0 Å². The number of benzene rings is 1. The van der Waals surface area contributed by atoms with Crippen LogP contribution in [0.4, 0.5) is 5.69 Å². The normalized spacial score (nSPS) is 21.2. The van der Waals surface area contributed by atoms with E-state index in [-0.39, 0.29) is 0 Å². The van der Waals surface area contributed by atoms with E-state index in [9.17, 15) is 0 Å². The summed E-state index contributed by atoms with van der Waals surface area (Å²) in [4.78, 5) is 0. The Hall–Kier alpha value is -1.44. The smallest absolute Gasteiger partial charge is 0.138 e. The molecule has 4 nitrogen and oxygen atoms in total. The molecule has 1 aliphatic rings. The average Bonchev–Trinajstić information content (AvgIpc) is 2.55. The summed E-state index contributed by atoms with van der Waals surface area (Å²) < 4.78 is 5.25. The summed E-state index contributed by atoms with van der Waals surface area (Å²) >= 11 is 6.27. The van der Waals surface area contributed by atoms with Crippen LogP contribution in [0.25, 0.3) is 0 Å². The largest absolute Gasteiger partial charge is 0.495 e. The molecule has 2 N–H and O–H groups in total. The van der Waals surface area contributed by atoms with E-state index in [4.69, 9.17) is 21.6 Å². The lowest BCUT2D eigenvalue weighted by molar-refractivity contribution is 0.354. The van der Waals surface area contributed by atoms with Crippen LogP contribution in [0.3, 0.4) is 0 Å². The van der Waals surface area contributed by atoms with Crippen molar-refractivity contribution in [2.45, 2.75) is 51.1 Å². The number of hydrogen-bond donors (Lipinski definition) is 2. The number of methoxy groups -OCH3 is 1. The van der Waals surface area contributed by atoms with Crippen LogP contribution in [0.1, 0.15) is 44.6 Å². The molecule has 0 heterocycles. The second-order valence-corrected chi connectivity index (χ2v) is 6.20. The number of rotatable bonds is 6. The molecule has 0 spiro atoms. The molecule has 22 heavy (non-hydrogen) atoms. The van der Waals surface area contributed by atoms with E-state index in [0.29, 0.717) is 28.4 Å². The van der Waals surface area contributed by atoms with Crippen LogP contribution in [-0.4, -0.2) is 25.7 Å². The summed E-state index contributed by atoms with van der Waals surface area (Å²) in [7, 11) is 1.57. The first kappa shape index (κ1) is 16.9. The Morgan fingerprint density at radius 2 is 1.95 bits per heavy atom. The van der Waals surface area contributed by atoms with Gasteiger partial charge in [-0.2, -0.15) is 5.26 Å². The van der Waals surface area contributed by atoms with Crippen molar-refractivity contribution < 1.29 is 4.74 Å². The number of nitriles is 1. The minimum atomic E-state index is 0.426. The molecule has 1 aromatic rings. The molecule has 0 atom stereocenters. The number of nitrogens with zero attached hydrogens (tertiary/aromatic N) is 1. The van der Waals surface area contributed by atoms with Crippen molar-refractivity contribution in [2.75, 3.05) is 19.0 Å². The van der Waals surface area contributed by atoms with Crippen molar-refractivity contribution in [2.24, 2.45) is 0 Å². The summed E-state index contributed by atoms with van der Waals surface area (Å²) in [5.74, 6) is 0.563. The molecule has 0 unspecified atom stereocenters. The second kappa shape index (κ2) is 8.26. The fraction of sp³-hybridized carbons (Fsp3) is 0.588. The van der Waals surface area contributed by atoms with Gasteiger partial charge in [-0.3, -0.25) is 0 Å². The predicted octanol–water partition coefficient (Wildman–Crippen LogP) is 3.94. The van der Waals surface area contributed by atoms with Crippen LogP contribution in [-0.2, 0) is 0 Å². The molecule has 1 aliphatic carbocycles. The Bertz CT molecular complexity index is 533. The molecule has 0 saturated heterocycles. The van der Waals surface area contributed by atoms with Crippen LogP contribution in [0.5, 0.6) is 5.75 Å². The number of anilines is 1. The Kier molecular flexibility index (Phi) is 6.35. The molecular weight excluding hydrogens is 298 g/mol.